The van der Waals surface area contributed by atoms with Gasteiger partial charge in [0.05, 0.1) is 16.6 Å². The Morgan fingerprint density at radius 3 is 2.79 bits per heavy atom. The summed E-state index contributed by atoms with van der Waals surface area (Å²) in [7, 11) is 0. The summed E-state index contributed by atoms with van der Waals surface area (Å²) in [5, 5.41) is 3.32. The molecule has 102 valence electrons. The molecule has 0 radical (unpaired) electrons. The minimum atomic E-state index is -0.238. The van der Waals surface area contributed by atoms with Gasteiger partial charge in [0.2, 0.25) is 0 Å². The van der Waals surface area contributed by atoms with Crippen LogP contribution in [0, 0.1) is 0 Å². The van der Waals surface area contributed by atoms with Crippen LogP contribution in [0.2, 0.25) is 5.02 Å². The van der Waals surface area contributed by atoms with Crippen LogP contribution < -0.4 is 5.32 Å². The Labute approximate surface area is 117 Å². The van der Waals surface area contributed by atoms with Crippen LogP contribution in [-0.4, -0.2) is 24.5 Å². The van der Waals surface area contributed by atoms with Crippen LogP contribution in [0.3, 0.4) is 0 Å². The van der Waals surface area contributed by atoms with Crippen molar-refractivity contribution < 1.29 is 14.3 Å². The third-order valence-electron chi connectivity index (χ3n) is 3.37. The summed E-state index contributed by atoms with van der Waals surface area (Å²) >= 11 is 5.99. The lowest BCUT2D eigenvalue weighted by molar-refractivity contribution is -0.136. The van der Waals surface area contributed by atoms with Gasteiger partial charge < -0.3 is 10.1 Å². The number of hydrogen-bond acceptors (Lipinski definition) is 3. The van der Waals surface area contributed by atoms with E-state index in [1.807, 2.05) is 0 Å². The van der Waals surface area contributed by atoms with Gasteiger partial charge >= 0.3 is 0 Å². The summed E-state index contributed by atoms with van der Waals surface area (Å²) in [5.74, 6) is -0.225. The third-order valence-corrected chi connectivity index (χ3v) is 3.70. The minimum absolute atomic E-state index is 0.136. The van der Waals surface area contributed by atoms with Crippen LogP contribution >= 0.6 is 11.6 Å². The third kappa shape index (κ3) is 3.47. The van der Waals surface area contributed by atoms with Gasteiger partial charge in [-0.05, 0) is 31.4 Å². The maximum Gasteiger partial charge on any atom is 0.293 e. The molecule has 2 unspecified atom stereocenters. The predicted molar refractivity (Wildman–Crippen MR) is 72.1 cm³/mol. The molecular formula is C14H16ClNO3. The van der Waals surface area contributed by atoms with E-state index in [-0.39, 0.29) is 18.1 Å². The lowest BCUT2D eigenvalue weighted by Crippen LogP contribution is -2.46. The minimum Gasteiger partial charge on any atom is -0.462 e. The number of halogens is 1. The average Bonchev–Trinajstić information content (AvgIpc) is 2.41. The second kappa shape index (κ2) is 6.57. The number of rotatable bonds is 4. The van der Waals surface area contributed by atoms with Crippen molar-refractivity contribution in [1.29, 1.82) is 0 Å². The summed E-state index contributed by atoms with van der Waals surface area (Å²) in [5.41, 5.74) is 0.444. The highest BCUT2D eigenvalue weighted by atomic mass is 35.5. The van der Waals surface area contributed by atoms with Crippen molar-refractivity contribution in [3.05, 3.63) is 34.9 Å². The number of ether oxygens (including phenoxy) is 1. The summed E-state index contributed by atoms with van der Waals surface area (Å²) in [6, 6.07) is 6.76. The first-order valence-electron chi connectivity index (χ1n) is 6.37. The van der Waals surface area contributed by atoms with Gasteiger partial charge in [-0.15, -0.1) is 0 Å². The van der Waals surface area contributed by atoms with Crippen molar-refractivity contribution in [3.8, 4) is 0 Å². The molecule has 1 aromatic carbocycles. The number of hydrogen-bond donors (Lipinski definition) is 1. The number of carbonyl (C=O) groups is 2. The molecule has 2 rings (SSSR count). The van der Waals surface area contributed by atoms with E-state index in [4.69, 9.17) is 16.3 Å². The van der Waals surface area contributed by atoms with E-state index >= 15 is 0 Å². The van der Waals surface area contributed by atoms with E-state index in [1.54, 1.807) is 24.3 Å². The molecule has 4 nitrogen and oxygen atoms in total. The van der Waals surface area contributed by atoms with Crippen LogP contribution in [-0.2, 0) is 9.53 Å². The average molecular weight is 282 g/mol. The highest BCUT2D eigenvalue weighted by Gasteiger charge is 2.28. The quantitative estimate of drug-likeness (QED) is 0.863. The molecular weight excluding hydrogens is 266 g/mol. The fourth-order valence-corrected chi connectivity index (χ4v) is 2.61. The zero-order chi connectivity index (χ0) is 13.7. The zero-order valence-corrected chi connectivity index (χ0v) is 11.2. The fourth-order valence-electron chi connectivity index (χ4n) is 2.39. The molecule has 1 aromatic rings. The van der Waals surface area contributed by atoms with Crippen molar-refractivity contribution in [1.82, 2.24) is 5.32 Å². The van der Waals surface area contributed by atoms with Crippen molar-refractivity contribution in [3.63, 3.8) is 0 Å². The van der Waals surface area contributed by atoms with Crippen molar-refractivity contribution in [2.24, 2.45) is 0 Å². The molecule has 0 heterocycles. The summed E-state index contributed by atoms with van der Waals surface area (Å²) in [6.07, 6.45) is 3.39. The second-order valence-corrected chi connectivity index (χ2v) is 5.02. The smallest absolute Gasteiger partial charge is 0.293 e. The maximum atomic E-state index is 12.1. The van der Waals surface area contributed by atoms with Gasteiger partial charge in [0, 0.05) is 0 Å². The van der Waals surface area contributed by atoms with Crippen LogP contribution in [0.25, 0.3) is 0 Å². The van der Waals surface area contributed by atoms with Crippen molar-refractivity contribution in [2.75, 3.05) is 0 Å². The van der Waals surface area contributed by atoms with E-state index in [0.717, 1.165) is 25.7 Å². The largest absolute Gasteiger partial charge is 0.462 e. The van der Waals surface area contributed by atoms with Crippen LogP contribution in [0.1, 0.15) is 36.0 Å². The number of amides is 1. The molecule has 1 aliphatic carbocycles. The predicted octanol–water partition coefficient (Wildman–Crippen LogP) is 2.55. The maximum absolute atomic E-state index is 12.1. The number of benzene rings is 1. The highest BCUT2D eigenvalue weighted by Crippen LogP contribution is 2.22. The first-order valence-corrected chi connectivity index (χ1v) is 6.74. The molecule has 0 saturated heterocycles. The fraction of sp³-hybridized carbons (Fsp3) is 0.429. The standard InChI is InChI=1S/C14H16ClNO3/c15-11-6-2-1-5-10(11)14(18)16-12-7-3-4-8-13(12)19-9-17/h1-2,5-6,9,12-13H,3-4,7-8H2,(H,16,18). The van der Waals surface area contributed by atoms with E-state index in [2.05, 4.69) is 5.32 Å². The molecule has 1 amide bonds. The van der Waals surface area contributed by atoms with Gasteiger partial charge in [-0.3, -0.25) is 9.59 Å². The molecule has 0 aliphatic heterocycles. The number of carbonyl (C=O) groups excluding carboxylic acids is 2. The number of nitrogens with one attached hydrogen (secondary N) is 1. The Kier molecular flexibility index (Phi) is 4.80. The molecule has 19 heavy (non-hydrogen) atoms. The molecule has 0 aromatic heterocycles. The van der Waals surface area contributed by atoms with Gasteiger partial charge in [-0.1, -0.05) is 30.2 Å². The molecule has 1 aliphatic rings. The topological polar surface area (TPSA) is 55.4 Å². The Morgan fingerprint density at radius 2 is 2.05 bits per heavy atom. The molecule has 5 heteroatoms. The normalized spacial score (nSPS) is 22.6. The van der Waals surface area contributed by atoms with Crippen LogP contribution in [0.4, 0.5) is 0 Å². The summed E-state index contributed by atoms with van der Waals surface area (Å²) in [4.78, 5) is 22.6. The molecule has 0 bridgehead atoms. The van der Waals surface area contributed by atoms with E-state index < -0.39 is 0 Å². The molecule has 1 fully saturated rings. The molecule has 2 atom stereocenters. The van der Waals surface area contributed by atoms with Crippen molar-refractivity contribution >= 4 is 24.0 Å². The van der Waals surface area contributed by atoms with E-state index in [1.165, 1.54) is 0 Å². The van der Waals surface area contributed by atoms with Gasteiger partial charge in [0.15, 0.2) is 0 Å². The SMILES string of the molecule is O=COC1CCCCC1NC(=O)c1ccccc1Cl. The molecule has 1 saturated carbocycles. The summed E-state index contributed by atoms with van der Waals surface area (Å²) in [6.45, 7) is 0.449. The van der Waals surface area contributed by atoms with Gasteiger partial charge in [-0.25, -0.2) is 0 Å². The zero-order valence-electron chi connectivity index (χ0n) is 10.5. The van der Waals surface area contributed by atoms with E-state index in [9.17, 15) is 9.59 Å². The van der Waals surface area contributed by atoms with Crippen molar-refractivity contribution in [2.45, 2.75) is 37.8 Å². The first-order chi connectivity index (χ1) is 9.22. The monoisotopic (exact) mass is 281 g/mol. The van der Waals surface area contributed by atoms with E-state index in [0.29, 0.717) is 17.1 Å². The first kappa shape index (κ1) is 13.9. The van der Waals surface area contributed by atoms with Crippen LogP contribution in [0.15, 0.2) is 24.3 Å². The lowest BCUT2D eigenvalue weighted by atomic mass is 9.92. The molecule has 0 spiro atoms. The Balaban J connectivity index is 2.04. The second-order valence-electron chi connectivity index (χ2n) is 4.62. The highest BCUT2D eigenvalue weighted by molar-refractivity contribution is 6.33. The lowest BCUT2D eigenvalue weighted by Gasteiger charge is -2.30. The van der Waals surface area contributed by atoms with Gasteiger partial charge in [-0.2, -0.15) is 0 Å². The Bertz CT molecular complexity index is 464. The van der Waals surface area contributed by atoms with Crippen LogP contribution in [0.5, 0.6) is 0 Å². The van der Waals surface area contributed by atoms with Gasteiger partial charge in [0.25, 0.3) is 12.4 Å². The Hall–Kier alpha value is -1.55. The summed E-state index contributed by atoms with van der Waals surface area (Å²) < 4.78 is 5.03. The van der Waals surface area contributed by atoms with Gasteiger partial charge in [0.1, 0.15) is 6.10 Å². The molecule has 1 N–H and O–H groups in total. The Morgan fingerprint density at radius 1 is 1.32 bits per heavy atom.